The van der Waals surface area contributed by atoms with E-state index in [0.717, 1.165) is 0 Å². The highest BCUT2D eigenvalue weighted by molar-refractivity contribution is 7.39. The van der Waals surface area contributed by atoms with Gasteiger partial charge in [0.1, 0.15) is 5.60 Å². The molecule has 0 fully saturated rings. The second-order valence-corrected chi connectivity index (χ2v) is 2.85. The zero-order valence-electron chi connectivity index (χ0n) is 5.26. The fourth-order valence-corrected chi connectivity index (χ4v) is 0.536. The molecule has 0 aromatic heterocycles. The van der Waals surface area contributed by atoms with Crippen LogP contribution < -0.4 is 0 Å². The van der Waals surface area contributed by atoms with Crippen LogP contribution in [-0.4, -0.2) is 11.3 Å². The van der Waals surface area contributed by atoms with Gasteiger partial charge in [0.15, 0.2) is 0 Å². The van der Waals surface area contributed by atoms with Crippen LogP contribution in [0.1, 0.15) is 20.8 Å². The zero-order valence-corrected chi connectivity index (χ0v) is 6.16. The molecular formula is C5H9O2P. The minimum absolute atomic E-state index is 0.404. The summed E-state index contributed by atoms with van der Waals surface area (Å²) in [6, 6.07) is 0. The Bertz CT molecular complexity index is 93.1. The summed E-state index contributed by atoms with van der Waals surface area (Å²) < 4.78 is 4.66. The van der Waals surface area contributed by atoms with E-state index in [1.807, 2.05) is 0 Å². The summed E-state index contributed by atoms with van der Waals surface area (Å²) in [5.74, 6) is 0. The highest BCUT2D eigenvalue weighted by atomic mass is 31.0. The molecule has 0 heterocycles. The van der Waals surface area contributed by atoms with Crippen molar-refractivity contribution in [2.75, 3.05) is 0 Å². The lowest BCUT2D eigenvalue weighted by atomic mass is 10.2. The summed E-state index contributed by atoms with van der Waals surface area (Å²) in [5, 5.41) is 0. The van der Waals surface area contributed by atoms with Crippen molar-refractivity contribution in [3.05, 3.63) is 0 Å². The van der Waals surface area contributed by atoms with Crippen LogP contribution >= 0.6 is 9.24 Å². The highest BCUT2D eigenvalue weighted by Crippen LogP contribution is 2.09. The minimum atomic E-state index is -0.530. The van der Waals surface area contributed by atoms with Gasteiger partial charge in [0.2, 0.25) is 0 Å². The molecule has 0 aliphatic carbocycles. The Labute approximate surface area is 51.8 Å². The van der Waals surface area contributed by atoms with Crippen molar-refractivity contribution in [3.8, 4) is 0 Å². The lowest BCUT2D eigenvalue weighted by Gasteiger charge is -2.16. The molecule has 0 spiro atoms. The summed E-state index contributed by atoms with van der Waals surface area (Å²) in [7, 11) is 3.43. The first kappa shape index (κ1) is 7.90. The van der Waals surface area contributed by atoms with Gasteiger partial charge in [-0.15, -0.1) is 0 Å². The molecule has 0 atom stereocenters. The Hall–Kier alpha value is -0.100. The molecule has 0 aliphatic rings. The van der Waals surface area contributed by atoms with E-state index in [1.165, 1.54) is 0 Å². The second kappa shape index (κ2) is 2.45. The van der Waals surface area contributed by atoms with E-state index in [2.05, 4.69) is 14.0 Å². The Kier molecular flexibility index (Phi) is 2.42. The van der Waals surface area contributed by atoms with E-state index in [9.17, 15) is 4.79 Å². The maximum atomic E-state index is 10.1. The smallest absolute Gasteiger partial charge is 0.337 e. The van der Waals surface area contributed by atoms with Gasteiger partial charge in [-0.25, -0.2) is 4.79 Å². The molecule has 2 nitrogen and oxygen atoms in total. The first-order valence-electron chi connectivity index (χ1n) is 2.34. The molecule has 0 amide bonds. The third-order valence-corrected chi connectivity index (χ3v) is 0.485. The highest BCUT2D eigenvalue weighted by Gasteiger charge is 2.12. The lowest BCUT2D eigenvalue weighted by Crippen LogP contribution is -2.19. The van der Waals surface area contributed by atoms with Crippen LogP contribution in [-0.2, 0) is 4.74 Å². The third kappa shape index (κ3) is 5.90. The van der Waals surface area contributed by atoms with Gasteiger partial charge in [-0.1, -0.05) is 0 Å². The molecule has 46 valence electrons. The van der Waals surface area contributed by atoms with E-state index >= 15 is 0 Å². The van der Waals surface area contributed by atoms with Crippen molar-refractivity contribution >= 4 is 15.0 Å². The number of carbonyl (C=O) groups is 1. The molecular weight excluding hydrogens is 123 g/mol. The first-order valence-corrected chi connectivity index (χ1v) is 2.78. The molecule has 0 aliphatic heterocycles. The van der Waals surface area contributed by atoms with Crippen molar-refractivity contribution in [1.29, 1.82) is 0 Å². The van der Waals surface area contributed by atoms with Gasteiger partial charge >= 0.3 is 5.71 Å². The SMILES string of the molecule is CC(C)(C)OC(=O)[P]. The topological polar surface area (TPSA) is 26.3 Å². The van der Waals surface area contributed by atoms with Crippen LogP contribution in [0.15, 0.2) is 0 Å². The van der Waals surface area contributed by atoms with Crippen molar-refractivity contribution in [1.82, 2.24) is 0 Å². The van der Waals surface area contributed by atoms with Crippen LogP contribution in [0.5, 0.6) is 0 Å². The van der Waals surface area contributed by atoms with Crippen LogP contribution in [0.3, 0.4) is 0 Å². The summed E-state index contributed by atoms with van der Waals surface area (Å²) >= 11 is 0. The fraction of sp³-hybridized carbons (Fsp3) is 0.800. The van der Waals surface area contributed by atoms with Crippen LogP contribution in [0.4, 0.5) is 4.79 Å². The van der Waals surface area contributed by atoms with Gasteiger partial charge < -0.3 is 4.74 Å². The molecule has 0 saturated carbocycles. The van der Waals surface area contributed by atoms with E-state index < -0.39 is 11.3 Å². The van der Waals surface area contributed by atoms with E-state index in [4.69, 9.17) is 0 Å². The molecule has 0 unspecified atom stereocenters. The Morgan fingerprint density at radius 2 is 1.88 bits per heavy atom. The number of carbonyl (C=O) groups excluding carboxylic acids is 1. The quantitative estimate of drug-likeness (QED) is 0.473. The normalized spacial score (nSPS) is 11.0. The molecule has 8 heavy (non-hydrogen) atoms. The largest absolute Gasteiger partial charge is 0.456 e. The van der Waals surface area contributed by atoms with Gasteiger partial charge in [-0.05, 0) is 20.8 Å². The average molecular weight is 132 g/mol. The van der Waals surface area contributed by atoms with Crippen molar-refractivity contribution in [2.45, 2.75) is 26.4 Å². The van der Waals surface area contributed by atoms with Gasteiger partial charge in [0.25, 0.3) is 0 Å². The molecule has 0 bridgehead atoms. The molecule has 0 aromatic rings. The molecule has 0 aromatic carbocycles. The summed E-state index contributed by atoms with van der Waals surface area (Å²) in [6.45, 7) is 5.38. The first-order chi connectivity index (χ1) is 3.42. The predicted molar refractivity (Wildman–Crippen MR) is 33.2 cm³/mol. The predicted octanol–water partition coefficient (Wildman–Crippen LogP) is 2.33. The van der Waals surface area contributed by atoms with E-state index in [0.29, 0.717) is 0 Å². The second-order valence-electron chi connectivity index (χ2n) is 2.48. The lowest BCUT2D eigenvalue weighted by molar-refractivity contribution is 0.0736. The molecule has 2 radical (unpaired) electrons. The number of ether oxygens (including phenoxy) is 1. The monoisotopic (exact) mass is 132 g/mol. The Balaban J connectivity index is 3.55. The Morgan fingerprint density at radius 1 is 1.50 bits per heavy atom. The summed E-state index contributed by atoms with van der Waals surface area (Å²) in [4.78, 5) is 10.1. The van der Waals surface area contributed by atoms with Crippen LogP contribution in [0.25, 0.3) is 0 Å². The van der Waals surface area contributed by atoms with Crippen molar-refractivity contribution in [3.63, 3.8) is 0 Å². The fourth-order valence-electron chi connectivity index (χ4n) is 0.262. The Morgan fingerprint density at radius 3 is 1.88 bits per heavy atom. The zero-order chi connectivity index (χ0) is 6.78. The van der Waals surface area contributed by atoms with E-state index in [1.54, 1.807) is 20.8 Å². The van der Waals surface area contributed by atoms with Crippen molar-refractivity contribution in [2.24, 2.45) is 0 Å². The third-order valence-electron chi connectivity index (χ3n) is 0.393. The molecule has 0 N–H and O–H groups in total. The van der Waals surface area contributed by atoms with Gasteiger partial charge in [-0.2, -0.15) is 0 Å². The standard InChI is InChI=1S/C5H9O2P/c1-5(2,3)7-4(6)8/h1-3H3. The molecule has 0 rings (SSSR count). The van der Waals surface area contributed by atoms with Crippen LogP contribution in [0, 0.1) is 0 Å². The van der Waals surface area contributed by atoms with Gasteiger partial charge in [-0.3, -0.25) is 0 Å². The van der Waals surface area contributed by atoms with Gasteiger partial charge in [0, 0.05) is 0 Å². The van der Waals surface area contributed by atoms with Crippen molar-refractivity contribution < 1.29 is 9.53 Å². The minimum Gasteiger partial charge on any atom is -0.456 e. The average Bonchev–Trinajstić information content (AvgIpc) is 1.21. The summed E-state index contributed by atoms with van der Waals surface area (Å²) in [5.41, 5.74) is -0.934. The number of hydrogen-bond donors (Lipinski definition) is 0. The maximum absolute atomic E-state index is 10.1. The molecule has 3 heteroatoms. The van der Waals surface area contributed by atoms with Crippen LogP contribution in [0.2, 0.25) is 0 Å². The summed E-state index contributed by atoms with van der Waals surface area (Å²) in [6.07, 6.45) is 0. The van der Waals surface area contributed by atoms with Gasteiger partial charge in [0.05, 0.1) is 9.24 Å². The number of hydrogen-bond acceptors (Lipinski definition) is 2. The number of rotatable bonds is 0. The van der Waals surface area contributed by atoms with E-state index in [-0.39, 0.29) is 0 Å². The molecule has 0 saturated heterocycles. The maximum Gasteiger partial charge on any atom is 0.337 e.